The van der Waals surface area contributed by atoms with Crippen LogP contribution in [0.2, 0.25) is 0 Å². The van der Waals surface area contributed by atoms with Gasteiger partial charge in [-0.15, -0.1) is 0 Å². The molecule has 0 saturated heterocycles. The van der Waals surface area contributed by atoms with E-state index < -0.39 is 23.9 Å². The van der Waals surface area contributed by atoms with E-state index in [9.17, 15) is 0 Å². The topological polar surface area (TPSA) is 189 Å². The molecule has 0 saturated carbocycles. The molecule has 0 aromatic rings. The van der Waals surface area contributed by atoms with Crippen LogP contribution in [0.15, 0.2) is 0 Å². The average Bonchev–Trinajstić information content (AvgIpc) is 1.88. The SMILES string of the molecule is O=C(O)C(=O)O.O=C([O-])C(=O)O.[Dy].[NH4+]. The van der Waals surface area contributed by atoms with Crippen molar-refractivity contribution < 1.29 is 77.8 Å². The number of carboxylic acid groups (broad SMARTS) is 4. The van der Waals surface area contributed by atoms with Crippen LogP contribution in [0, 0.1) is 38.2 Å². The van der Waals surface area contributed by atoms with Crippen LogP contribution in [-0.4, -0.2) is 39.2 Å². The fourth-order valence-corrected chi connectivity index (χ4v) is 0. The molecule has 0 fully saturated rings. The first-order valence-corrected chi connectivity index (χ1v) is 2.19. The van der Waals surface area contributed by atoms with Gasteiger partial charge in [-0.3, -0.25) is 0 Å². The standard InChI is InChI=1S/2C2H2O4.Dy.H3N/c2*3-1(4)2(5)6;;/h2*(H,3,4)(H,5,6);;1H3. The molecule has 86 valence electrons. The van der Waals surface area contributed by atoms with E-state index in [4.69, 9.17) is 39.6 Å². The summed E-state index contributed by atoms with van der Waals surface area (Å²) in [4.78, 5) is 36.2. The number of hydrogen-bond donors (Lipinski definition) is 4. The Labute approximate surface area is 107 Å². The van der Waals surface area contributed by atoms with Gasteiger partial charge in [0.15, 0.2) is 5.97 Å². The number of carboxylic acids is 4. The molecule has 7 N–H and O–H groups in total. The van der Waals surface area contributed by atoms with Gasteiger partial charge in [0.1, 0.15) is 0 Å². The first kappa shape index (κ1) is 23.2. The molecule has 0 aliphatic carbocycles. The molecule has 14 heavy (non-hydrogen) atoms. The van der Waals surface area contributed by atoms with Gasteiger partial charge < -0.3 is 31.4 Å². The van der Waals surface area contributed by atoms with Crippen LogP contribution >= 0.6 is 0 Å². The molecule has 0 atom stereocenters. The molecular weight excluding hydrogens is 353 g/mol. The van der Waals surface area contributed by atoms with Crippen molar-refractivity contribution in [3.8, 4) is 0 Å². The molecule has 10 heteroatoms. The summed E-state index contributed by atoms with van der Waals surface area (Å²) >= 11 is 0. The van der Waals surface area contributed by atoms with Gasteiger partial charge in [-0.25, -0.2) is 14.4 Å². The number of carbonyl (C=O) groups is 4. The van der Waals surface area contributed by atoms with Crippen molar-refractivity contribution in [3.63, 3.8) is 0 Å². The normalized spacial score (nSPS) is 6.29. The summed E-state index contributed by atoms with van der Waals surface area (Å²) in [6, 6.07) is 0. The Bertz CT molecular complexity index is 177. The Morgan fingerprint density at radius 3 is 0.929 bits per heavy atom. The van der Waals surface area contributed by atoms with E-state index in [2.05, 4.69) is 0 Å². The van der Waals surface area contributed by atoms with Crippen molar-refractivity contribution in [2.45, 2.75) is 0 Å². The van der Waals surface area contributed by atoms with Crippen LogP contribution in [0.25, 0.3) is 0 Å². The molecule has 9 nitrogen and oxygen atoms in total. The van der Waals surface area contributed by atoms with Gasteiger partial charge in [0.05, 0.1) is 0 Å². The van der Waals surface area contributed by atoms with Gasteiger partial charge >= 0.3 is 17.9 Å². The van der Waals surface area contributed by atoms with Crippen LogP contribution in [-0.2, 0) is 19.2 Å². The van der Waals surface area contributed by atoms with E-state index >= 15 is 0 Å². The quantitative estimate of drug-likeness (QED) is 0.337. The molecule has 0 aliphatic rings. The summed E-state index contributed by atoms with van der Waals surface area (Å²) in [5, 5.41) is 31.1. The fraction of sp³-hybridized carbons (Fsp3) is 0. The van der Waals surface area contributed by atoms with Crippen molar-refractivity contribution in [2.24, 2.45) is 0 Å². The molecule has 0 heterocycles. The largest absolute Gasteiger partial charge is 0.539 e. The maximum atomic E-state index is 9.10. The van der Waals surface area contributed by atoms with Crippen molar-refractivity contribution >= 4 is 23.9 Å². The first-order valence-electron chi connectivity index (χ1n) is 2.19. The molecule has 0 spiro atoms. The Kier molecular flexibility index (Phi) is 20.0. The minimum atomic E-state index is -2.07. The smallest absolute Gasteiger partial charge is 0.414 e. The van der Waals surface area contributed by atoms with Gasteiger partial charge in [-0.2, -0.15) is 0 Å². The molecular formula is C4H7DyNO8. The van der Waals surface area contributed by atoms with Gasteiger partial charge in [0, 0.05) is 38.2 Å². The van der Waals surface area contributed by atoms with Crippen LogP contribution < -0.4 is 11.3 Å². The second kappa shape index (κ2) is 12.1. The van der Waals surface area contributed by atoms with E-state index in [1.165, 1.54) is 0 Å². The zero-order valence-electron chi connectivity index (χ0n) is 6.70. The number of hydrogen-bond acceptors (Lipinski definition) is 5. The zero-order valence-corrected chi connectivity index (χ0v) is 8.73. The third-order valence-electron chi connectivity index (χ3n) is 0.358. The summed E-state index contributed by atoms with van der Waals surface area (Å²) in [6.07, 6.45) is 0. The zero-order chi connectivity index (χ0) is 10.3. The minimum absolute atomic E-state index is 0. The third-order valence-corrected chi connectivity index (χ3v) is 0.358. The number of quaternary nitrogens is 1. The Morgan fingerprint density at radius 2 is 0.929 bits per heavy atom. The summed E-state index contributed by atoms with van der Waals surface area (Å²) in [5.41, 5.74) is 0. The average molecular weight is 360 g/mol. The van der Waals surface area contributed by atoms with E-state index in [0.717, 1.165) is 0 Å². The summed E-state index contributed by atoms with van der Waals surface area (Å²) < 4.78 is 0. The number of aliphatic carboxylic acids is 4. The molecule has 0 amide bonds. The second-order valence-corrected chi connectivity index (χ2v) is 1.20. The molecule has 0 aromatic carbocycles. The number of carbonyl (C=O) groups excluding carboxylic acids is 1. The predicted octanol–water partition coefficient (Wildman–Crippen LogP) is -2.65. The molecule has 0 unspecified atom stereocenters. The monoisotopic (exact) mass is 361 g/mol. The Morgan fingerprint density at radius 1 is 0.786 bits per heavy atom. The van der Waals surface area contributed by atoms with Gasteiger partial charge in [-0.05, 0) is 0 Å². The van der Waals surface area contributed by atoms with Crippen LogP contribution in [0.1, 0.15) is 0 Å². The van der Waals surface area contributed by atoms with E-state index in [1.54, 1.807) is 0 Å². The van der Waals surface area contributed by atoms with Gasteiger partial charge in [-0.1, -0.05) is 0 Å². The third kappa shape index (κ3) is 22.5. The van der Waals surface area contributed by atoms with E-state index in [-0.39, 0.29) is 44.3 Å². The Hall–Kier alpha value is -0.887. The summed E-state index contributed by atoms with van der Waals surface area (Å²) in [6.45, 7) is 0. The molecule has 0 aromatic heterocycles. The van der Waals surface area contributed by atoms with Crippen LogP contribution in [0.4, 0.5) is 0 Å². The first-order chi connectivity index (χ1) is 5.29. The fourth-order valence-electron chi connectivity index (χ4n) is 0. The second-order valence-electron chi connectivity index (χ2n) is 1.20. The van der Waals surface area contributed by atoms with Crippen molar-refractivity contribution in [1.82, 2.24) is 6.15 Å². The van der Waals surface area contributed by atoms with Crippen molar-refractivity contribution in [2.75, 3.05) is 0 Å². The minimum Gasteiger partial charge on any atom is -0.539 e. The van der Waals surface area contributed by atoms with Gasteiger partial charge in [0.2, 0.25) is 0 Å². The molecule has 0 aliphatic heterocycles. The van der Waals surface area contributed by atoms with E-state index in [1.807, 2.05) is 0 Å². The van der Waals surface area contributed by atoms with Gasteiger partial charge in [0.25, 0.3) is 0 Å². The molecule has 0 bridgehead atoms. The maximum Gasteiger partial charge on any atom is 0.414 e. The maximum absolute atomic E-state index is 9.10. The van der Waals surface area contributed by atoms with Crippen LogP contribution in [0.5, 0.6) is 0 Å². The molecule has 0 radical (unpaired) electrons. The summed E-state index contributed by atoms with van der Waals surface area (Å²) in [5.74, 6) is -7.66. The van der Waals surface area contributed by atoms with Crippen molar-refractivity contribution in [3.05, 3.63) is 0 Å². The van der Waals surface area contributed by atoms with E-state index in [0.29, 0.717) is 0 Å². The van der Waals surface area contributed by atoms with Crippen molar-refractivity contribution in [1.29, 1.82) is 0 Å². The Balaban J connectivity index is -0.0000000625. The predicted molar refractivity (Wildman–Crippen MR) is 33.9 cm³/mol. The number of rotatable bonds is 0. The summed E-state index contributed by atoms with van der Waals surface area (Å²) in [7, 11) is 0. The van der Waals surface area contributed by atoms with Crippen LogP contribution in [0.3, 0.4) is 0 Å². The molecule has 0 rings (SSSR count).